The molecule has 38 heavy (non-hydrogen) atoms. The molecular weight excluding hydrogens is 489 g/mol. The largest absolute Gasteiger partial charge is 0.497 e. The average Bonchev–Trinajstić information content (AvgIpc) is 3.67. The number of hydrogen-bond donors (Lipinski definition) is 1. The number of amides is 1. The maximum absolute atomic E-state index is 15.0. The van der Waals surface area contributed by atoms with Gasteiger partial charge in [0.25, 0.3) is 0 Å². The van der Waals surface area contributed by atoms with Gasteiger partial charge in [0.1, 0.15) is 17.3 Å². The van der Waals surface area contributed by atoms with Gasteiger partial charge in [-0.2, -0.15) is 10.2 Å². The van der Waals surface area contributed by atoms with Crippen LogP contribution in [0.1, 0.15) is 23.7 Å². The Morgan fingerprint density at radius 3 is 2.76 bits per heavy atom. The topological polar surface area (TPSA) is 113 Å². The van der Waals surface area contributed by atoms with E-state index in [9.17, 15) is 9.18 Å². The van der Waals surface area contributed by atoms with E-state index in [1.54, 1.807) is 15.8 Å². The summed E-state index contributed by atoms with van der Waals surface area (Å²) in [5, 5.41) is 9.89. The Bertz CT molecular complexity index is 1630. The van der Waals surface area contributed by atoms with Gasteiger partial charge in [-0.15, -0.1) is 0 Å². The van der Waals surface area contributed by atoms with Gasteiger partial charge in [0.2, 0.25) is 5.91 Å². The number of benzene rings is 1. The van der Waals surface area contributed by atoms with E-state index in [-0.39, 0.29) is 29.1 Å². The summed E-state index contributed by atoms with van der Waals surface area (Å²) < 4.78 is 28.9. The highest BCUT2D eigenvalue weighted by atomic mass is 19.1. The molecule has 194 valence electrons. The molecule has 4 heterocycles. The maximum atomic E-state index is 15.0. The lowest BCUT2D eigenvalue weighted by Gasteiger charge is -2.16. The molecular formula is C27H26FN7O3. The van der Waals surface area contributed by atoms with E-state index in [4.69, 9.17) is 20.3 Å². The predicted octanol–water partition coefficient (Wildman–Crippen LogP) is 2.93. The molecule has 0 unspecified atom stereocenters. The number of anilines is 1. The van der Waals surface area contributed by atoms with E-state index >= 15 is 0 Å². The number of aryl methyl sites for hydroxylation is 1. The first-order valence-electron chi connectivity index (χ1n) is 11.9. The van der Waals surface area contributed by atoms with Gasteiger partial charge in [0.05, 0.1) is 42.4 Å². The summed E-state index contributed by atoms with van der Waals surface area (Å²) in [4.78, 5) is 18.4. The van der Waals surface area contributed by atoms with Gasteiger partial charge >= 0.3 is 0 Å². The summed E-state index contributed by atoms with van der Waals surface area (Å²) in [7, 11) is 4.68. The van der Waals surface area contributed by atoms with Crippen LogP contribution in [0.25, 0.3) is 22.2 Å². The number of halogens is 1. The van der Waals surface area contributed by atoms with E-state index in [1.807, 2.05) is 24.0 Å². The summed E-state index contributed by atoms with van der Waals surface area (Å²) in [6, 6.07) is 4.66. The van der Waals surface area contributed by atoms with E-state index in [0.29, 0.717) is 47.6 Å². The van der Waals surface area contributed by atoms with E-state index in [0.717, 1.165) is 5.56 Å². The van der Waals surface area contributed by atoms with Crippen LogP contribution in [-0.2, 0) is 11.8 Å². The van der Waals surface area contributed by atoms with Crippen molar-refractivity contribution in [2.75, 3.05) is 33.0 Å². The summed E-state index contributed by atoms with van der Waals surface area (Å²) in [5.74, 6) is 5.74. The van der Waals surface area contributed by atoms with Crippen molar-refractivity contribution in [1.82, 2.24) is 29.4 Å². The van der Waals surface area contributed by atoms with Crippen LogP contribution < -0.4 is 15.2 Å². The standard InChI is InChI=1S/C27H26FN7O3/c1-5-23(36)34-11-8-17(15-34)35-26-19(20-9-10-33(2)31-20)14-30-27(29)24(26)21(32-35)7-6-16-12-18(37-3)13-22(38-4)25(16)28/h5,9-10,12-14,17H,1,8,11,15H2,2-4H3,(H2,29,30)/t17-/m0/s1. The predicted molar refractivity (Wildman–Crippen MR) is 140 cm³/mol. The third-order valence-corrected chi connectivity index (χ3v) is 6.52. The van der Waals surface area contributed by atoms with Gasteiger partial charge in [-0.3, -0.25) is 14.2 Å². The van der Waals surface area contributed by atoms with Crippen molar-refractivity contribution in [3.8, 4) is 34.6 Å². The molecule has 11 heteroatoms. The molecule has 10 nitrogen and oxygen atoms in total. The Kier molecular flexibility index (Phi) is 6.46. The van der Waals surface area contributed by atoms with Crippen molar-refractivity contribution in [2.45, 2.75) is 12.5 Å². The summed E-state index contributed by atoms with van der Waals surface area (Å²) >= 11 is 0. The van der Waals surface area contributed by atoms with Crippen LogP contribution in [0.4, 0.5) is 10.2 Å². The molecule has 1 aromatic carbocycles. The SMILES string of the molecule is C=CC(=O)N1CC[C@H](n2nc(C#Cc3cc(OC)cc(OC)c3F)c3c(N)ncc(-c4ccn(C)n4)c32)C1. The van der Waals surface area contributed by atoms with Crippen LogP contribution in [0.15, 0.2) is 43.2 Å². The Balaban J connectivity index is 1.70. The highest BCUT2D eigenvalue weighted by molar-refractivity contribution is 6.01. The van der Waals surface area contributed by atoms with Gasteiger partial charge in [0.15, 0.2) is 11.6 Å². The lowest BCUT2D eigenvalue weighted by Crippen LogP contribution is -2.27. The number of fused-ring (bicyclic) bond motifs is 1. The van der Waals surface area contributed by atoms with E-state index in [2.05, 4.69) is 28.5 Å². The first kappa shape index (κ1) is 24.8. The molecule has 3 aromatic heterocycles. The lowest BCUT2D eigenvalue weighted by atomic mass is 10.1. The van der Waals surface area contributed by atoms with Crippen LogP contribution in [0.2, 0.25) is 0 Å². The summed E-state index contributed by atoms with van der Waals surface area (Å²) in [6.07, 6.45) is 5.47. The lowest BCUT2D eigenvalue weighted by molar-refractivity contribution is -0.125. The third kappa shape index (κ3) is 4.30. The Hall–Kier alpha value is -4.85. The maximum Gasteiger partial charge on any atom is 0.246 e. The van der Waals surface area contributed by atoms with Gasteiger partial charge in [-0.25, -0.2) is 9.37 Å². The Morgan fingerprint density at radius 1 is 1.26 bits per heavy atom. The summed E-state index contributed by atoms with van der Waals surface area (Å²) in [6.45, 7) is 4.60. The minimum absolute atomic E-state index is 0.0144. The van der Waals surface area contributed by atoms with Crippen LogP contribution in [0.3, 0.4) is 0 Å². The second-order valence-electron chi connectivity index (χ2n) is 8.82. The first-order valence-corrected chi connectivity index (χ1v) is 11.9. The fraction of sp³-hybridized carbons (Fsp3) is 0.259. The number of aromatic nitrogens is 5. The van der Waals surface area contributed by atoms with Gasteiger partial charge in [-0.05, 0) is 30.6 Å². The van der Waals surface area contributed by atoms with Crippen molar-refractivity contribution >= 4 is 22.6 Å². The van der Waals surface area contributed by atoms with Crippen molar-refractivity contribution in [1.29, 1.82) is 0 Å². The molecule has 1 aliphatic heterocycles. The van der Waals surface area contributed by atoms with Gasteiger partial charge in [0, 0.05) is 44.2 Å². The molecule has 1 fully saturated rings. The first-order chi connectivity index (χ1) is 18.3. The molecule has 1 atom stereocenters. The molecule has 0 aliphatic carbocycles. The molecule has 0 radical (unpaired) electrons. The Morgan fingerprint density at radius 2 is 2.08 bits per heavy atom. The van der Waals surface area contributed by atoms with Crippen LogP contribution >= 0.6 is 0 Å². The van der Waals surface area contributed by atoms with Crippen LogP contribution in [0, 0.1) is 17.7 Å². The third-order valence-electron chi connectivity index (χ3n) is 6.52. The molecule has 0 saturated carbocycles. The number of hydrogen-bond acceptors (Lipinski definition) is 7. The van der Waals surface area contributed by atoms with Crippen molar-refractivity contribution in [3.63, 3.8) is 0 Å². The molecule has 5 rings (SSSR count). The monoisotopic (exact) mass is 515 g/mol. The normalized spacial score (nSPS) is 14.8. The minimum atomic E-state index is -0.612. The smallest absolute Gasteiger partial charge is 0.246 e. The number of nitrogen functional groups attached to an aromatic ring is 1. The zero-order valence-electron chi connectivity index (χ0n) is 21.2. The highest BCUT2D eigenvalue weighted by Gasteiger charge is 2.30. The fourth-order valence-corrected chi connectivity index (χ4v) is 4.62. The molecule has 1 amide bonds. The average molecular weight is 516 g/mol. The molecule has 0 spiro atoms. The fourth-order valence-electron chi connectivity index (χ4n) is 4.62. The number of carbonyl (C=O) groups excluding carboxylic acids is 1. The summed E-state index contributed by atoms with van der Waals surface area (Å²) in [5.41, 5.74) is 8.88. The number of pyridine rings is 1. The molecule has 2 N–H and O–H groups in total. The van der Waals surface area contributed by atoms with Crippen molar-refractivity contribution in [2.24, 2.45) is 7.05 Å². The molecule has 1 aliphatic rings. The number of rotatable bonds is 5. The van der Waals surface area contributed by atoms with E-state index in [1.165, 1.54) is 32.4 Å². The highest BCUT2D eigenvalue weighted by Crippen LogP contribution is 2.36. The quantitative estimate of drug-likeness (QED) is 0.321. The molecule has 4 aromatic rings. The number of methoxy groups -OCH3 is 2. The number of likely N-dealkylation sites (tertiary alicyclic amines) is 1. The number of carbonyl (C=O) groups is 1. The molecule has 1 saturated heterocycles. The number of nitrogens with two attached hydrogens (primary N) is 1. The Labute approximate surface area is 218 Å². The second kappa shape index (κ2) is 9.89. The van der Waals surface area contributed by atoms with Crippen molar-refractivity contribution in [3.05, 3.63) is 60.3 Å². The van der Waals surface area contributed by atoms with Crippen LogP contribution in [-0.4, -0.2) is 62.7 Å². The van der Waals surface area contributed by atoms with Gasteiger partial charge < -0.3 is 20.1 Å². The zero-order chi connectivity index (χ0) is 27.0. The zero-order valence-corrected chi connectivity index (χ0v) is 21.2. The minimum Gasteiger partial charge on any atom is -0.497 e. The van der Waals surface area contributed by atoms with Crippen LogP contribution in [0.5, 0.6) is 11.5 Å². The number of nitrogens with zero attached hydrogens (tertiary/aromatic N) is 6. The number of ether oxygens (including phenoxy) is 2. The van der Waals surface area contributed by atoms with Crippen molar-refractivity contribution < 1.29 is 18.7 Å². The molecule has 0 bridgehead atoms. The second-order valence-corrected chi connectivity index (χ2v) is 8.82. The van der Waals surface area contributed by atoms with E-state index < -0.39 is 5.82 Å². The van der Waals surface area contributed by atoms with Gasteiger partial charge in [-0.1, -0.05) is 12.5 Å².